The minimum absolute atomic E-state index is 0.893. The molecule has 0 aliphatic rings. The lowest BCUT2D eigenvalue weighted by Crippen LogP contribution is -2.02. The van der Waals surface area contributed by atoms with E-state index in [1.54, 1.807) is 6.20 Å². The van der Waals surface area contributed by atoms with Crippen molar-refractivity contribution in [3.05, 3.63) is 22.9 Å². The van der Waals surface area contributed by atoms with Gasteiger partial charge in [-0.15, -0.1) is 0 Å². The summed E-state index contributed by atoms with van der Waals surface area (Å²) in [6.45, 7) is 1.02. The van der Waals surface area contributed by atoms with Crippen LogP contribution in [0.4, 0.5) is 5.69 Å². The van der Waals surface area contributed by atoms with E-state index in [1.165, 1.54) is 18.6 Å². The van der Waals surface area contributed by atoms with E-state index in [1.807, 2.05) is 23.9 Å². The number of thioether (sulfide) groups is 1. The highest BCUT2D eigenvalue weighted by Crippen LogP contribution is 2.18. The predicted molar refractivity (Wildman–Crippen MR) is 68.0 cm³/mol. The average molecular weight is 275 g/mol. The number of nitrogens with one attached hydrogen (secondary N) is 1. The highest BCUT2D eigenvalue weighted by molar-refractivity contribution is 9.10. The van der Waals surface area contributed by atoms with Gasteiger partial charge in [0.2, 0.25) is 0 Å². The third-order valence-electron chi connectivity index (χ3n) is 1.85. The van der Waals surface area contributed by atoms with Crippen molar-refractivity contribution >= 4 is 33.4 Å². The van der Waals surface area contributed by atoms with Crippen LogP contribution < -0.4 is 5.32 Å². The van der Waals surface area contributed by atoms with Crippen molar-refractivity contribution in [3.63, 3.8) is 0 Å². The first-order chi connectivity index (χ1) is 6.84. The lowest BCUT2D eigenvalue weighted by atomic mass is 10.3. The molecule has 0 radical (unpaired) electrons. The molecular weight excluding hydrogens is 260 g/mol. The van der Waals surface area contributed by atoms with Gasteiger partial charge in [0.25, 0.3) is 0 Å². The van der Waals surface area contributed by atoms with Crippen molar-refractivity contribution in [3.8, 4) is 0 Å². The normalized spacial score (nSPS) is 10.1. The van der Waals surface area contributed by atoms with Crippen LogP contribution in [0.3, 0.4) is 0 Å². The van der Waals surface area contributed by atoms with Crippen LogP contribution in [0.5, 0.6) is 0 Å². The molecule has 1 heterocycles. The number of aromatic nitrogens is 1. The van der Waals surface area contributed by atoms with Gasteiger partial charge < -0.3 is 5.32 Å². The van der Waals surface area contributed by atoms with E-state index < -0.39 is 0 Å². The summed E-state index contributed by atoms with van der Waals surface area (Å²) in [5.74, 6) is 1.25. The van der Waals surface area contributed by atoms with Crippen LogP contribution in [-0.4, -0.2) is 23.5 Å². The Bertz CT molecular complexity index is 268. The van der Waals surface area contributed by atoms with Gasteiger partial charge in [0.1, 0.15) is 4.60 Å². The second-order valence-electron chi connectivity index (χ2n) is 2.97. The van der Waals surface area contributed by atoms with E-state index >= 15 is 0 Å². The summed E-state index contributed by atoms with van der Waals surface area (Å²) >= 11 is 5.30. The Balaban J connectivity index is 2.21. The van der Waals surface area contributed by atoms with E-state index in [0.717, 1.165) is 16.8 Å². The molecule has 0 fully saturated rings. The Kier molecular flexibility index (Phi) is 6.03. The van der Waals surface area contributed by atoms with Crippen molar-refractivity contribution in [2.75, 3.05) is 23.9 Å². The van der Waals surface area contributed by atoms with Gasteiger partial charge in [-0.2, -0.15) is 11.8 Å². The van der Waals surface area contributed by atoms with Gasteiger partial charge in [-0.3, -0.25) is 0 Å². The molecule has 0 atom stereocenters. The maximum absolute atomic E-state index is 4.14. The quantitative estimate of drug-likeness (QED) is 0.636. The smallest absolute Gasteiger partial charge is 0.129 e. The van der Waals surface area contributed by atoms with E-state index in [0.29, 0.717) is 0 Å². The Morgan fingerprint density at radius 3 is 3.07 bits per heavy atom. The molecule has 0 aliphatic carbocycles. The molecule has 0 unspecified atom stereocenters. The summed E-state index contributed by atoms with van der Waals surface area (Å²) < 4.78 is 0.893. The summed E-state index contributed by atoms with van der Waals surface area (Å²) in [7, 11) is 0. The number of anilines is 1. The van der Waals surface area contributed by atoms with Gasteiger partial charge >= 0.3 is 0 Å². The molecule has 0 saturated carbocycles. The fourth-order valence-electron chi connectivity index (χ4n) is 1.11. The largest absolute Gasteiger partial charge is 0.383 e. The lowest BCUT2D eigenvalue weighted by molar-refractivity contribution is 0.842. The molecule has 1 aromatic rings. The molecular formula is C10H15BrN2S. The van der Waals surface area contributed by atoms with Crippen LogP contribution in [0.1, 0.15) is 12.8 Å². The molecule has 0 spiro atoms. The summed E-state index contributed by atoms with van der Waals surface area (Å²) in [5, 5.41) is 3.35. The molecule has 14 heavy (non-hydrogen) atoms. The van der Waals surface area contributed by atoms with Crippen LogP contribution >= 0.6 is 27.7 Å². The van der Waals surface area contributed by atoms with Crippen molar-refractivity contribution < 1.29 is 0 Å². The van der Waals surface area contributed by atoms with E-state index in [-0.39, 0.29) is 0 Å². The Hall–Kier alpha value is -0.220. The molecule has 0 amide bonds. The Morgan fingerprint density at radius 2 is 2.36 bits per heavy atom. The number of halogens is 1. The van der Waals surface area contributed by atoms with E-state index in [9.17, 15) is 0 Å². The second-order valence-corrected chi connectivity index (χ2v) is 4.71. The monoisotopic (exact) mass is 274 g/mol. The summed E-state index contributed by atoms with van der Waals surface area (Å²) in [5.41, 5.74) is 1.08. The topological polar surface area (TPSA) is 24.9 Å². The Morgan fingerprint density at radius 1 is 1.50 bits per heavy atom. The maximum Gasteiger partial charge on any atom is 0.129 e. The van der Waals surface area contributed by atoms with Crippen molar-refractivity contribution in [2.24, 2.45) is 0 Å². The van der Waals surface area contributed by atoms with Crippen LogP contribution in [0.15, 0.2) is 22.9 Å². The van der Waals surface area contributed by atoms with Crippen LogP contribution in [0, 0.1) is 0 Å². The summed E-state index contributed by atoms with van der Waals surface area (Å²) in [6.07, 6.45) is 6.41. The van der Waals surface area contributed by atoms with Gasteiger partial charge in [0, 0.05) is 12.7 Å². The lowest BCUT2D eigenvalue weighted by Gasteiger charge is -2.06. The molecule has 0 aromatic carbocycles. The van der Waals surface area contributed by atoms with E-state index in [4.69, 9.17) is 0 Å². The molecule has 2 nitrogen and oxygen atoms in total. The maximum atomic E-state index is 4.14. The van der Waals surface area contributed by atoms with Gasteiger partial charge in [-0.25, -0.2) is 4.98 Å². The first kappa shape index (κ1) is 11.9. The molecule has 1 rings (SSSR count). The number of unbranched alkanes of at least 4 members (excludes halogenated alkanes) is 1. The standard InChI is InChI=1S/C10H15BrN2S/c1-14-8-3-2-6-12-9-5-4-7-13-10(9)11/h4-5,7,12H,2-3,6,8H2,1H3. The van der Waals surface area contributed by atoms with Gasteiger partial charge in [0.05, 0.1) is 5.69 Å². The second kappa shape index (κ2) is 7.12. The third-order valence-corrected chi connectivity index (χ3v) is 3.18. The first-order valence-electron chi connectivity index (χ1n) is 4.68. The minimum atomic E-state index is 0.893. The fourth-order valence-corrected chi connectivity index (χ4v) is 2.00. The summed E-state index contributed by atoms with van der Waals surface area (Å²) in [6, 6.07) is 3.97. The minimum Gasteiger partial charge on any atom is -0.383 e. The zero-order valence-corrected chi connectivity index (χ0v) is 10.7. The molecule has 78 valence electrons. The van der Waals surface area contributed by atoms with E-state index in [2.05, 4.69) is 32.5 Å². The number of pyridine rings is 1. The van der Waals surface area contributed by atoms with Crippen LogP contribution in [0.2, 0.25) is 0 Å². The molecule has 0 bridgehead atoms. The van der Waals surface area contributed by atoms with Gasteiger partial charge in [0.15, 0.2) is 0 Å². The van der Waals surface area contributed by atoms with Gasteiger partial charge in [-0.1, -0.05) is 0 Å². The molecule has 4 heteroatoms. The zero-order chi connectivity index (χ0) is 10.2. The SMILES string of the molecule is CSCCCCNc1cccnc1Br. The average Bonchev–Trinajstić information content (AvgIpc) is 2.20. The van der Waals surface area contributed by atoms with Crippen LogP contribution in [0.25, 0.3) is 0 Å². The van der Waals surface area contributed by atoms with Gasteiger partial charge in [-0.05, 0) is 52.9 Å². The first-order valence-corrected chi connectivity index (χ1v) is 6.86. The third kappa shape index (κ3) is 4.33. The molecule has 0 aliphatic heterocycles. The molecule has 1 aromatic heterocycles. The van der Waals surface area contributed by atoms with Crippen molar-refractivity contribution in [1.29, 1.82) is 0 Å². The Labute approximate surface area is 98.0 Å². The molecule has 1 N–H and O–H groups in total. The number of hydrogen-bond donors (Lipinski definition) is 1. The number of rotatable bonds is 6. The summed E-state index contributed by atoms with van der Waals surface area (Å²) in [4.78, 5) is 4.14. The van der Waals surface area contributed by atoms with Crippen molar-refractivity contribution in [2.45, 2.75) is 12.8 Å². The number of nitrogens with zero attached hydrogens (tertiary/aromatic N) is 1. The fraction of sp³-hybridized carbons (Fsp3) is 0.500. The highest BCUT2D eigenvalue weighted by atomic mass is 79.9. The highest BCUT2D eigenvalue weighted by Gasteiger charge is 1.97. The predicted octanol–water partition coefficient (Wildman–Crippen LogP) is 3.40. The molecule has 0 saturated heterocycles. The van der Waals surface area contributed by atoms with Crippen molar-refractivity contribution in [1.82, 2.24) is 4.98 Å². The van der Waals surface area contributed by atoms with Crippen LogP contribution in [-0.2, 0) is 0 Å². The zero-order valence-electron chi connectivity index (χ0n) is 8.29. The number of hydrogen-bond acceptors (Lipinski definition) is 3.